The van der Waals surface area contributed by atoms with Crippen LogP contribution in [-0.2, 0) is 6.54 Å². The molecule has 3 aromatic rings. The van der Waals surface area contributed by atoms with Crippen LogP contribution in [0.5, 0.6) is 0 Å². The Morgan fingerprint density at radius 1 is 1.10 bits per heavy atom. The molecule has 3 nitrogen and oxygen atoms in total. The van der Waals surface area contributed by atoms with Gasteiger partial charge in [0.1, 0.15) is 5.52 Å². The Bertz CT molecular complexity index is 706. The van der Waals surface area contributed by atoms with E-state index in [1.165, 1.54) is 18.4 Å². The molecule has 3 rings (SSSR count). The molecule has 0 amide bonds. The number of rotatable bonds is 6. The van der Waals surface area contributed by atoms with Gasteiger partial charge in [-0.05, 0) is 24.1 Å². The Morgan fingerprint density at radius 2 is 1.95 bits per heavy atom. The van der Waals surface area contributed by atoms with Crippen LogP contribution in [0, 0.1) is 0 Å². The number of hydrogen-bond acceptors (Lipinski definition) is 3. The molecule has 1 aromatic carbocycles. The van der Waals surface area contributed by atoms with Gasteiger partial charge in [0.2, 0.25) is 0 Å². The second-order valence-electron chi connectivity index (χ2n) is 5.01. The minimum atomic E-state index is 0.822. The Hall–Kier alpha value is -1.81. The van der Waals surface area contributed by atoms with Crippen molar-refractivity contribution in [3.8, 4) is 0 Å². The predicted molar refractivity (Wildman–Crippen MR) is 88.7 cm³/mol. The van der Waals surface area contributed by atoms with Crippen LogP contribution in [-0.4, -0.2) is 20.3 Å². The summed E-state index contributed by atoms with van der Waals surface area (Å²) in [7, 11) is 0. The quantitative estimate of drug-likeness (QED) is 0.500. The number of nitrogens with zero attached hydrogens (tertiary/aromatic N) is 3. The van der Waals surface area contributed by atoms with Crippen LogP contribution in [0.3, 0.4) is 0 Å². The molecule has 21 heavy (non-hydrogen) atoms. The zero-order chi connectivity index (χ0) is 14.5. The molecule has 4 heteroatoms. The van der Waals surface area contributed by atoms with Gasteiger partial charge in [-0.25, -0.2) is 9.97 Å². The molecule has 0 N–H and O–H groups in total. The molecule has 2 heterocycles. The van der Waals surface area contributed by atoms with Crippen LogP contribution < -0.4 is 0 Å². The van der Waals surface area contributed by atoms with Gasteiger partial charge in [-0.1, -0.05) is 55.4 Å². The van der Waals surface area contributed by atoms with E-state index >= 15 is 0 Å². The maximum Gasteiger partial charge on any atom is 0.170 e. The molecule has 0 atom stereocenters. The predicted octanol–water partition coefficient (Wildman–Crippen LogP) is 4.37. The fourth-order valence-electron chi connectivity index (χ4n) is 2.26. The molecule has 0 aliphatic carbocycles. The number of imidazole rings is 1. The van der Waals surface area contributed by atoms with Gasteiger partial charge in [0.05, 0.1) is 6.54 Å². The lowest BCUT2D eigenvalue weighted by molar-refractivity contribution is 0.723. The summed E-state index contributed by atoms with van der Waals surface area (Å²) < 4.78 is 2.23. The van der Waals surface area contributed by atoms with E-state index in [2.05, 4.69) is 40.7 Å². The second-order valence-corrected chi connectivity index (χ2v) is 6.08. The maximum atomic E-state index is 4.74. The summed E-state index contributed by atoms with van der Waals surface area (Å²) in [6, 6.07) is 14.5. The van der Waals surface area contributed by atoms with Crippen molar-refractivity contribution in [2.45, 2.75) is 31.5 Å². The topological polar surface area (TPSA) is 30.7 Å². The zero-order valence-corrected chi connectivity index (χ0v) is 13.0. The van der Waals surface area contributed by atoms with Crippen molar-refractivity contribution in [3.63, 3.8) is 0 Å². The van der Waals surface area contributed by atoms with Crippen molar-refractivity contribution in [1.82, 2.24) is 14.5 Å². The summed E-state index contributed by atoms with van der Waals surface area (Å²) in [5, 5.41) is 1.07. The molecular weight excluding hydrogens is 278 g/mol. The molecule has 0 aliphatic rings. The van der Waals surface area contributed by atoms with E-state index in [-0.39, 0.29) is 0 Å². The van der Waals surface area contributed by atoms with Crippen molar-refractivity contribution in [2.24, 2.45) is 0 Å². The first-order valence-corrected chi connectivity index (χ1v) is 8.35. The van der Waals surface area contributed by atoms with Gasteiger partial charge < -0.3 is 0 Å². The van der Waals surface area contributed by atoms with E-state index in [0.29, 0.717) is 0 Å². The molecule has 0 spiro atoms. The summed E-state index contributed by atoms with van der Waals surface area (Å²) in [5.74, 6) is 1.11. The van der Waals surface area contributed by atoms with E-state index in [9.17, 15) is 0 Å². The fraction of sp³-hybridized carbons (Fsp3) is 0.294. The zero-order valence-electron chi connectivity index (χ0n) is 12.2. The van der Waals surface area contributed by atoms with Crippen molar-refractivity contribution < 1.29 is 0 Å². The molecule has 108 valence electrons. The Balaban J connectivity index is 1.95. The molecule has 0 bridgehead atoms. The largest absolute Gasteiger partial charge is 0.299 e. The summed E-state index contributed by atoms with van der Waals surface area (Å²) in [5.41, 5.74) is 3.23. The first kappa shape index (κ1) is 14.1. The minimum Gasteiger partial charge on any atom is -0.299 e. The molecule has 2 aromatic heterocycles. The highest BCUT2D eigenvalue weighted by Crippen LogP contribution is 2.24. The number of hydrogen-bond donors (Lipinski definition) is 0. The Labute approximate surface area is 129 Å². The molecule has 0 aliphatic heterocycles. The number of unbranched alkanes of at least 4 members (excludes halogenated alkanes) is 1. The standard InChI is InChI=1S/C17H19N3S/c1-2-3-12-21-17-19-15-10-7-11-18-16(15)20(17)13-14-8-5-4-6-9-14/h4-11H,2-3,12-13H2,1H3. The van der Waals surface area contributed by atoms with Gasteiger partial charge in [-0.2, -0.15) is 0 Å². The lowest BCUT2D eigenvalue weighted by Gasteiger charge is -2.08. The maximum absolute atomic E-state index is 4.74. The van der Waals surface area contributed by atoms with Crippen LogP contribution in [0.15, 0.2) is 53.8 Å². The van der Waals surface area contributed by atoms with E-state index < -0.39 is 0 Å². The fourth-order valence-corrected chi connectivity index (χ4v) is 3.35. The van der Waals surface area contributed by atoms with E-state index in [1.807, 2.05) is 36.2 Å². The highest BCUT2D eigenvalue weighted by atomic mass is 32.2. The third kappa shape index (κ3) is 3.27. The lowest BCUT2D eigenvalue weighted by Crippen LogP contribution is -2.02. The molecule has 0 radical (unpaired) electrons. The lowest BCUT2D eigenvalue weighted by atomic mass is 10.2. The van der Waals surface area contributed by atoms with Gasteiger partial charge in [0.15, 0.2) is 10.8 Å². The van der Waals surface area contributed by atoms with Gasteiger partial charge in [0, 0.05) is 11.9 Å². The third-order valence-corrected chi connectivity index (χ3v) is 4.44. The van der Waals surface area contributed by atoms with E-state index in [0.717, 1.165) is 28.6 Å². The monoisotopic (exact) mass is 297 g/mol. The number of pyridine rings is 1. The van der Waals surface area contributed by atoms with Crippen LogP contribution in [0.25, 0.3) is 11.2 Å². The SMILES string of the molecule is CCCCSc1nc2cccnc2n1Cc1ccccc1. The molecule has 0 saturated heterocycles. The summed E-state index contributed by atoms with van der Waals surface area (Å²) in [4.78, 5) is 9.26. The second kappa shape index (κ2) is 6.76. The summed E-state index contributed by atoms with van der Waals surface area (Å²) >= 11 is 1.83. The first-order chi connectivity index (χ1) is 10.4. The van der Waals surface area contributed by atoms with Gasteiger partial charge in [0.25, 0.3) is 0 Å². The van der Waals surface area contributed by atoms with Crippen molar-refractivity contribution in [3.05, 3.63) is 54.2 Å². The number of thioether (sulfide) groups is 1. The number of benzene rings is 1. The van der Waals surface area contributed by atoms with Crippen LogP contribution in [0.1, 0.15) is 25.3 Å². The highest BCUT2D eigenvalue weighted by molar-refractivity contribution is 7.99. The third-order valence-electron chi connectivity index (χ3n) is 3.38. The number of aromatic nitrogens is 3. The Kier molecular flexibility index (Phi) is 4.55. The normalized spacial score (nSPS) is 11.1. The van der Waals surface area contributed by atoms with Gasteiger partial charge in [-0.3, -0.25) is 4.57 Å². The van der Waals surface area contributed by atoms with Gasteiger partial charge in [-0.15, -0.1) is 0 Å². The van der Waals surface area contributed by atoms with Crippen LogP contribution >= 0.6 is 11.8 Å². The van der Waals surface area contributed by atoms with E-state index in [4.69, 9.17) is 4.98 Å². The smallest absolute Gasteiger partial charge is 0.170 e. The van der Waals surface area contributed by atoms with Crippen molar-refractivity contribution >= 4 is 22.9 Å². The molecule has 0 unspecified atom stereocenters. The van der Waals surface area contributed by atoms with Crippen LogP contribution in [0.4, 0.5) is 0 Å². The molecule has 0 fully saturated rings. The van der Waals surface area contributed by atoms with Crippen LogP contribution in [0.2, 0.25) is 0 Å². The van der Waals surface area contributed by atoms with Crippen molar-refractivity contribution in [2.75, 3.05) is 5.75 Å². The minimum absolute atomic E-state index is 0.822. The molecular formula is C17H19N3S. The average molecular weight is 297 g/mol. The summed E-state index contributed by atoms with van der Waals surface area (Å²) in [6.07, 6.45) is 4.27. The number of fused-ring (bicyclic) bond motifs is 1. The first-order valence-electron chi connectivity index (χ1n) is 7.36. The van der Waals surface area contributed by atoms with Crippen molar-refractivity contribution in [1.29, 1.82) is 0 Å². The van der Waals surface area contributed by atoms with Gasteiger partial charge >= 0.3 is 0 Å². The van der Waals surface area contributed by atoms with E-state index in [1.54, 1.807) is 0 Å². The average Bonchev–Trinajstić information content (AvgIpc) is 2.87. The highest BCUT2D eigenvalue weighted by Gasteiger charge is 2.12. The summed E-state index contributed by atoms with van der Waals surface area (Å²) in [6.45, 7) is 3.04. The Morgan fingerprint density at radius 3 is 2.76 bits per heavy atom. The molecule has 0 saturated carbocycles.